The van der Waals surface area contributed by atoms with Crippen LogP contribution in [0.4, 0.5) is 0 Å². The van der Waals surface area contributed by atoms with Gasteiger partial charge in [0, 0.05) is 30.5 Å². The number of nitrogens with one attached hydrogen (secondary N) is 1. The monoisotopic (exact) mass is 373 g/mol. The van der Waals surface area contributed by atoms with E-state index in [1.165, 1.54) is 6.08 Å². The first-order valence-corrected chi connectivity index (χ1v) is 8.97. The lowest BCUT2D eigenvalue weighted by Crippen LogP contribution is -2.43. The molecule has 0 atom stereocenters. The van der Waals surface area contributed by atoms with Gasteiger partial charge in [0.1, 0.15) is 0 Å². The highest BCUT2D eigenvalue weighted by molar-refractivity contribution is 7.80. The maximum Gasteiger partial charge on any atom is 0.250 e. The summed E-state index contributed by atoms with van der Waals surface area (Å²) >= 11 is 6.87. The van der Waals surface area contributed by atoms with Gasteiger partial charge in [-0.15, -0.1) is 11.3 Å². The molecule has 2 aromatic rings. The molecule has 1 heterocycles. The second-order valence-corrected chi connectivity index (χ2v) is 6.63. The van der Waals surface area contributed by atoms with E-state index in [2.05, 4.69) is 5.32 Å². The topological polar surface area (TPSA) is 75.4 Å². The van der Waals surface area contributed by atoms with Crippen LogP contribution >= 0.6 is 23.6 Å². The van der Waals surface area contributed by atoms with Crippen molar-refractivity contribution in [3.8, 4) is 0 Å². The Kier molecular flexibility index (Phi) is 7.31. The highest BCUT2D eigenvalue weighted by Crippen LogP contribution is 2.10. The summed E-state index contributed by atoms with van der Waals surface area (Å²) in [6.45, 7) is 0.833. The maximum absolute atomic E-state index is 12.0. The number of hydrogen-bond donors (Lipinski definition) is 2. The van der Waals surface area contributed by atoms with Crippen molar-refractivity contribution in [2.75, 3.05) is 6.54 Å². The third-order valence-corrected chi connectivity index (χ3v) is 4.50. The van der Waals surface area contributed by atoms with Crippen LogP contribution in [-0.4, -0.2) is 28.4 Å². The normalized spacial score (nSPS) is 10.6. The van der Waals surface area contributed by atoms with Crippen LogP contribution in [0, 0.1) is 0 Å². The lowest BCUT2D eigenvalue weighted by molar-refractivity contribution is -0.118. The van der Waals surface area contributed by atoms with Crippen molar-refractivity contribution < 1.29 is 9.59 Å². The fourth-order valence-corrected chi connectivity index (χ4v) is 2.95. The molecule has 2 rings (SSSR count). The SMILES string of the molecule is NC(=O)CCN(Cc1ccccc1)C(=S)NC(=O)/C=C/c1cccs1. The van der Waals surface area contributed by atoms with Gasteiger partial charge < -0.3 is 10.6 Å². The number of carbonyl (C=O) groups excluding carboxylic acids is 2. The van der Waals surface area contributed by atoms with E-state index < -0.39 is 5.91 Å². The molecule has 1 aromatic heterocycles. The number of hydrogen-bond acceptors (Lipinski definition) is 4. The van der Waals surface area contributed by atoms with Crippen molar-refractivity contribution >= 4 is 46.6 Å². The Balaban J connectivity index is 1.98. The molecule has 25 heavy (non-hydrogen) atoms. The molecule has 0 aliphatic heterocycles. The van der Waals surface area contributed by atoms with E-state index in [1.54, 1.807) is 22.3 Å². The van der Waals surface area contributed by atoms with Gasteiger partial charge in [-0.3, -0.25) is 14.9 Å². The number of thiocarbonyl (C=S) groups is 1. The lowest BCUT2D eigenvalue weighted by Gasteiger charge is -2.24. The Morgan fingerprint density at radius 3 is 2.60 bits per heavy atom. The van der Waals surface area contributed by atoms with Gasteiger partial charge >= 0.3 is 0 Å². The number of nitrogens with two attached hydrogens (primary N) is 1. The molecule has 7 heteroatoms. The molecule has 5 nitrogen and oxygen atoms in total. The summed E-state index contributed by atoms with van der Waals surface area (Å²) in [4.78, 5) is 25.9. The first-order chi connectivity index (χ1) is 12.0. The van der Waals surface area contributed by atoms with Gasteiger partial charge in [0.25, 0.3) is 0 Å². The Morgan fingerprint density at radius 2 is 1.96 bits per heavy atom. The molecule has 0 aliphatic carbocycles. The highest BCUT2D eigenvalue weighted by atomic mass is 32.1. The molecule has 130 valence electrons. The van der Waals surface area contributed by atoms with Crippen LogP contribution < -0.4 is 11.1 Å². The number of benzene rings is 1. The van der Waals surface area contributed by atoms with E-state index >= 15 is 0 Å². The molecule has 0 saturated heterocycles. The fraction of sp³-hybridized carbons (Fsp3) is 0.167. The number of amides is 2. The first kappa shape index (κ1) is 18.8. The quantitative estimate of drug-likeness (QED) is 0.578. The van der Waals surface area contributed by atoms with E-state index in [0.717, 1.165) is 10.4 Å². The van der Waals surface area contributed by atoms with Gasteiger partial charge in [-0.25, -0.2) is 0 Å². The number of rotatable bonds is 7. The third kappa shape index (κ3) is 6.86. The van der Waals surface area contributed by atoms with Crippen LogP contribution in [0.3, 0.4) is 0 Å². The van der Waals surface area contributed by atoms with E-state index in [0.29, 0.717) is 13.1 Å². The zero-order valence-electron chi connectivity index (χ0n) is 13.6. The molecule has 0 aliphatic rings. The largest absolute Gasteiger partial charge is 0.370 e. The molecule has 0 bridgehead atoms. The average molecular weight is 374 g/mol. The Bertz CT molecular complexity index is 743. The van der Waals surface area contributed by atoms with Crippen LogP contribution in [0.2, 0.25) is 0 Å². The molecule has 0 fully saturated rings. The third-order valence-electron chi connectivity index (χ3n) is 3.30. The number of carbonyl (C=O) groups is 2. The van der Waals surface area contributed by atoms with Crippen molar-refractivity contribution in [1.29, 1.82) is 0 Å². The van der Waals surface area contributed by atoms with Crippen molar-refractivity contribution in [1.82, 2.24) is 10.2 Å². The summed E-state index contributed by atoms with van der Waals surface area (Å²) < 4.78 is 0. The Labute approximate surface area is 156 Å². The van der Waals surface area contributed by atoms with Gasteiger partial charge in [-0.05, 0) is 35.3 Å². The maximum atomic E-state index is 12.0. The number of nitrogens with zero attached hydrogens (tertiary/aromatic N) is 1. The molecule has 3 N–H and O–H groups in total. The lowest BCUT2D eigenvalue weighted by atomic mass is 10.2. The standard InChI is InChI=1S/C18H19N3O2S2/c19-16(22)10-11-21(13-14-5-2-1-3-6-14)18(24)20-17(23)9-8-15-7-4-12-25-15/h1-9,12H,10-11,13H2,(H2,19,22)(H,20,23,24)/b9-8+. The summed E-state index contributed by atoms with van der Waals surface area (Å²) in [6.07, 6.45) is 3.33. The van der Waals surface area contributed by atoms with Crippen LogP contribution in [0.15, 0.2) is 53.9 Å². The van der Waals surface area contributed by atoms with Crippen LogP contribution in [0.1, 0.15) is 16.9 Å². The van der Waals surface area contributed by atoms with Crippen molar-refractivity contribution in [2.24, 2.45) is 5.73 Å². The highest BCUT2D eigenvalue weighted by Gasteiger charge is 2.13. The predicted octanol–water partition coefficient (Wildman–Crippen LogP) is 2.54. The zero-order valence-corrected chi connectivity index (χ0v) is 15.2. The zero-order chi connectivity index (χ0) is 18.1. The molecule has 0 spiro atoms. The number of thiophene rings is 1. The van der Waals surface area contributed by atoms with E-state index in [1.807, 2.05) is 47.8 Å². The van der Waals surface area contributed by atoms with Crippen LogP contribution in [0.25, 0.3) is 6.08 Å². The summed E-state index contributed by atoms with van der Waals surface area (Å²) in [5.41, 5.74) is 6.26. The van der Waals surface area contributed by atoms with E-state index in [-0.39, 0.29) is 17.4 Å². The minimum absolute atomic E-state index is 0.161. The smallest absolute Gasteiger partial charge is 0.250 e. The second kappa shape index (κ2) is 9.71. The van der Waals surface area contributed by atoms with Gasteiger partial charge in [-0.2, -0.15) is 0 Å². The molecular weight excluding hydrogens is 354 g/mol. The van der Waals surface area contributed by atoms with Gasteiger partial charge in [0.05, 0.1) is 0 Å². The predicted molar refractivity (Wildman–Crippen MR) is 105 cm³/mol. The Hall–Kier alpha value is -2.51. The van der Waals surface area contributed by atoms with Crippen molar-refractivity contribution in [3.63, 3.8) is 0 Å². The molecule has 2 amide bonds. The summed E-state index contributed by atoms with van der Waals surface area (Å²) in [5.74, 6) is -0.722. The van der Waals surface area contributed by atoms with E-state index in [4.69, 9.17) is 18.0 Å². The molecular formula is C18H19N3O2S2. The van der Waals surface area contributed by atoms with Crippen molar-refractivity contribution in [3.05, 3.63) is 64.4 Å². The van der Waals surface area contributed by atoms with E-state index in [9.17, 15) is 9.59 Å². The van der Waals surface area contributed by atoms with Gasteiger partial charge in [0.15, 0.2) is 5.11 Å². The van der Waals surface area contributed by atoms with Crippen molar-refractivity contribution in [2.45, 2.75) is 13.0 Å². The summed E-state index contributed by atoms with van der Waals surface area (Å²) in [5, 5.41) is 4.88. The molecule has 0 unspecified atom stereocenters. The van der Waals surface area contributed by atoms with Gasteiger partial charge in [0.2, 0.25) is 11.8 Å². The second-order valence-electron chi connectivity index (χ2n) is 5.27. The molecule has 0 saturated carbocycles. The fourth-order valence-electron chi connectivity index (χ4n) is 2.07. The minimum Gasteiger partial charge on any atom is -0.370 e. The van der Waals surface area contributed by atoms with Crippen LogP contribution in [0.5, 0.6) is 0 Å². The minimum atomic E-state index is -0.412. The average Bonchev–Trinajstić information content (AvgIpc) is 3.11. The Morgan fingerprint density at radius 1 is 1.20 bits per heavy atom. The summed E-state index contributed by atoms with van der Waals surface area (Å²) in [6, 6.07) is 13.5. The number of primary amides is 1. The molecule has 0 radical (unpaired) electrons. The molecule has 1 aromatic carbocycles. The van der Waals surface area contributed by atoms with Crippen LogP contribution in [-0.2, 0) is 16.1 Å². The first-order valence-electron chi connectivity index (χ1n) is 7.68. The van der Waals surface area contributed by atoms with Gasteiger partial charge in [-0.1, -0.05) is 36.4 Å². The summed E-state index contributed by atoms with van der Waals surface area (Å²) in [7, 11) is 0.